The van der Waals surface area contributed by atoms with Crippen molar-refractivity contribution in [2.75, 3.05) is 18.0 Å². The molecule has 0 unspecified atom stereocenters. The van der Waals surface area contributed by atoms with Crippen LogP contribution in [0.3, 0.4) is 0 Å². The lowest BCUT2D eigenvalue weighted by atomic mass is 9.98. The minimum atomic E-state index is -0.535. The van der Waals surface area contributed by atoms with Gasteiger partial charge in [0.05, 0.1) is 21.8 Å². The van der Waals surface area contributed by atoms with Crippen molar-refractivity contribution in [2.24, 2.45) is 0 Å². The molecule has 34 heavy (non-hydrogen) atoms. The molecule has 8 heteroatoms. The fourth-order valence-electron chi connectivity index (χ4n) is 4.23. The number of pyridine rings is 1. The third-order valence-electron chi connectivity index (χ3n) is 5.79. The van der Waals surface area contributed by atoms with E-state index in [1.54, 1.807) is 24.4 Å². The van der Waals surface area contributed by atoms with Crippen LogP contribution >= 0.6 is 11.6 Å². The van der Waals surface area contributed by atoms with Crippen LogP contribution in [0.25, 0.3) is 22.0 Å². The number of carbonyl (C=O) groups excluding carboxylic acids is 1. The summed E-state index contributed by atoms with van der Waals surface area (Å²) in [4.78, 5) is 18.8. The molecule has 1 fully saturated rings. The summed E-state index contributed by atoms with van der Waals surface area (Å²) >= 11 is 6.62. The third-order valence-corrected chi connectivity index (χ3v) is 6.07. The van der Waals surface area contributed by atoms with Crippen LogP contribution in [-0.4, -0.2) is 40.9 Å². The number of hydrogen-bond donors (Lipinski definition) is 2. The van der Waals surface area contributed by atoms with Gasteiger partial charge in [0, 0.05) is 36.3 Å². The Balaban J connectivity index is 1.60. The van der Waals surface area contributed by atoms with Gasteiger partial charge in [-0.05, 0) is 57.4 Å². The molecule has 1 aliphatic rings. The Morgan fingerprint density at radius 3 is 2.68 bits per heavy atom. The van der Waals surface area contributed by atoms with E-state index in [0.717, 1.165) is 35.0 Å². The number of halogens is 1. The molecule has 1 aromatic heterocycles. The largest absolute Gasteiger partial charge is 0.506 e. The van der Waals surface area contributed by atoms with Crippen molar-refractivity contribution in [3.05, 3.63) is 53.2 Å². The van der Waals surface area contributed by atoms with Gasteiger partial charge in [-0.3, -0.25) is 4.98 Å². The first-order valence-corrected chi connectivity index (χ1v) is 11.6. The highest BCUT2D eigenvalue weighted by molar-refractivity contribution is 6.34. The van der Waals surface area contributed by atoms with Gasteiger partial charge in [-0.25, -0.2) is 4.79 Å². The smallest absolute Gasteiger partial charge is 0.407 e. The van der Waals surface area contributed by atoms with Crippen LogP contribution in [0.15, 0.2) is 42.6 Å². The molecule has 0 bridgehead atoms. The van der Waals surface area contributed by atoms with Gasteiger partial charge in [0.25, 0.3) is 0 Å². The first kappa shape index (κ1) is 23.7. The van der Waals surface area contributed by atoms with Gasteiger partial charge < -0.3 is 20.1 Å². The lowest BCUT2D eigenvalue weighted by Crippen LogP contribution is -2.46. The van der Waals surface area contributed by atoms with Crippen LogP contribution < -0.4 is 10.2 Å². The zero-order chi connectivity index (χ0) is 24.5. The number of ether oxygens (including phenoxy) is 1. The minimum absolute atomic E-state index is 0.0270. The highest BCUT2D eigenvalue weighted by Crippen LogP contribution is 2.39. The van der Waals surface area contributed by atoms with Crippen LogP contribution in [0.5, 0.6) is 5.75 Å². The third kappa shape index (κ3) is 5.02. The van der Waals surface area contributed by atoms with E-state index in [1.807, 2.05) is 45.0 Å². The SMILES string of the molecule is CC(C)(C)OC(=O)NC1CCN(c2c(Cl)cnc3ccc(-c4cccc(C#N)c4O)cc23)CC1. The molecule has 176 valence electrons. The predicted molar refractivity (Wildman–Crippen MR) is 133 cm³/mol. The Morgan fingerprint density at radius 2 is 2.00 bits per heavy atom. The molecule has 0 atom stereocenters. The molecule has 0 radical (unpaired) electrons. The van der Waals surface area contributed by atoms with Crippen molar-refractivity contribution < 1.29 is 14.6 Å². The molecule has 2 N–H and O–H groups in total. The summed E-state index contributed by atoms with van der Waals surface area (Å²) in [6.45, 7) is 6.94. The maximum atomic E-state index is 12.1. The van der Waals surface area contributed by atoms with Crippen molar-refractivity contribution in [1.29, 1.82) is 5.26 Å². The number of benzene rings is 2. The van der Waals surface area contributed by atoms with E-state index in [9.17, 15) is 15.2 Å². The molecule has 1 aliphatic heterocycles. The number of rotatable bonds is 3. The number of phenols is 1. The van der Waals surface area contributed by atoms with Crippen LogP contribution in [0.4, 0.5) is 10.5 Å². The normalized spacial score (nSPS) is 14.6. The number of alkyl carbamates (subject to hydrolysis) is 1. The number of nitriles is 1. The van der Waals surface area contributed by atoms with Gasteiger partial charge in [-0.2, -0.15) is 5.26 Å². The minimum Gasteiger partial charge on any atom is -0.506 e. The maximum Gasteiger partial charge on any atom is 0.407 e. The summed E-state index contributed by atoms with van der Waals surface area (Å²) in [6.07, 6.45) is 2.76. The number of nitrogens with zero attached hydrogens (tertiary/aromatic N) is 3. The van der Waals surface area contributed by atoms with Crippen LogP contribution in [0.2, 0.25) is 5.02 Å². The topological polar surface area (TPSA) is 98.5 Å². The predicted octanol–water partition coefficient (Wildman–Crippen LogP) is 5.63. The van der Waals surface area contributed by atoms with Crippen molar-refractivity contribution in [1.82, 2.24) is 10.3 Å². The fraction of sp³-hybridized carbons (Fsp3) is 0.346. The van der Waals surface area contributed by atoms with Gasteiger partial charge in [0.1, 0.15) is 17.4 Å². The number of piperidine rings is 1. The Hall–Kier alpha value is -3.50. The molecule has 7 nitrogen and oxygen atoms in total. The van der Waals surface area contributed by atoms with E-state index in [0.29, 0.717) is 23.7 Å². The van der Waals surface area contributed by atoms with E-state index in [1.165, 1.54) is 0 Å². The Labute approximate surface area is 203 Å². The molecule has 1 amide bonds. The van der Waals surface area contributed by atoms with Crippen molar-refractivity contribution in [2.45, 2.75) is 45.3 Å². The molecule has 2 heterocycles. The monoisotopic (exact) mass is 478 g/mol. The molecular formula is C26H27ClN4O3. The first-order chi connectivity index (χ1) is 16.2. The Kier molecular flexibility index (Phi) is 6.54. The van der Waals surface area contributed by atoms with E-state index >= 15 is 0 Å². The number of hydrogen-bond acceptors (Lipinski definition) is 6. The molecule has 0 aliphatic carbocycles. The van der Waals surface area contributed by atoms with Crippen molar-refractivity contribution >= 4 is 34.3 Å². The Bertz CT molecular complexity index is 1270. The lowest BCUT2D eigenvalue weighted by Gasteiger charge is -2.35. The molecule has 2 aromatic carbocycles. The average molecular weight is 479 g/mol. The van der Waals surface area contributed by atoms with Crippen molar-refractivity contribution in [3.63, 3.8) is 0 Å². The second kappa shape index (κ2) is 9.40. The number of nitrogens with one attached hydrogen (secondary N) is 1. The number of amides is 1. The fourth-order valence-corrected chi connectivity index (χ4v) is 4.50. The summed E-state index contributed by atoms with van der Waals surface area (Å²) in [6, 6.07) is 12.9. The summed E-state index contributed by atoms with van der Waals surface area (Å²) in [5.41, 5.74) is 2.70. The summed E-state index contributed by atoms with van der Waals surface area (Å²) in [5, 5.41) is 24.2. The zero-order valence-electron chi connectivity index (χ0n) is 19.4. The lowest BCUT2D eigenvalue weighted by molar-refractivity contribution is 0.0497. The molecule has 3 aromatic rings. The van der Waals surface area contributed by atoms with Crippen LogP contribution in [0.1, 0.15) is 39.2 Å². The van der Waals surface area contributed by atoms with E-state index in [2.05, 4.69) is 15.2 Å². The molecule has 0 spiro atoms. The quantitative estimate of drug-likeness (QED) is 0.506. The summed E-state index contributed by atoms with van der Waals surface area (Å²) in [5.74, 6) is -0.0464. The Morgan fingerprint density at radius 1 is 1.26 bits per heavy atom. The highest BCUT2D eigenvalue weighted by Gasteiger charge is 2.26. The average Bonchev–Trinajstić information content (AvgIpc) is 2.78. The number of carbonyl (C=O) groups is 1. The van der Waals surface area contributed by atoms with Crippen LogP contribution in [-0.2, 0) is 4.74 Å². The van der Waals surface area contributed by atoms with Gasteiger partial charge in [-0.15, -0.1) is 0 Å². The molecule has 1 saturated heterocycles. The van der Waals surface area contributed by atoms with Crippen molar-refractivity contribution in [3.8, 4) is 22.9 Å². The summed E-state index contributed by atoms with van der Waals surface area (Å²) in [7, 11) is 0. The number of aromatic nitrogens is 1. The zero-order valence-corrected chi connectivity index (χ0v) is 20.2. The highest BCUT2D eigenvalue weighted by atomic mass is 35.5. The number of aromatic hydroxyl groups is 1. The van der Waals surface area contributed by atoms with E-state index in [-0.39, 0.29) is 17.4 Å². The number of fused-ring (bicyclic) bond motifs is 1. The second-order valence-corrected chi connectivity index (χ2v) is 9.81. The van der Waals surface area contributed by atoms with Gasteiger partial charge in [0.15, 0.2) is 0 Å². The maximum absolute atomic E-state index is 12.1. The standard InChI is InChI=1S/C26H27ClN4O3/c1-26(2,3)34-25(33)30-18-9-11-31(12-10-18)23-20-13-16(7-8-22(20)29-15-21(23)27)19-6-4-5-17(14-28)24(19)32/h4-8,13,15,18,32H,9-12H2,1-3H3,(H,30,33). The second-order valence-electron chi connectivity index (χ2n) is 9.41. The van der Waals surface area contributed by atoms with Gasteiger partial charge in [-0.1, -0.05) is 29.8 Å². The first-order valence-electron chi connectivity index (χ1n) is 11.2. The van der Waals surface area contributed by atoms with E-state index in [4.69, 9.17) is 16.3 Å². The molecule has 4 rings (SSSR count). The number of para-hydroxylation sites is 1. The summed E-state index contributed by atoms with van der Waals surface area (Å²) < 4.78 is 5.38. The number of phenolic OH excluding ortho intramolecular Hbond substituents is 1. The van der Waals surface area contributed by atoms with E-state index < -0.39 is 11.7 Å². The number of anilines is 1. The molecular weight excluding hydrogens is 452 g/mol. The molecule has 0 saturated carbocycles. The van der Waals surface area contributed by atoms with Gasteiger partial charge >= 0.3 is 6.09 Å². The van der Waals surface area contributed by atoms with Gasteiger partial charge in [0.2, 0.25) is 0 Å². The van der Waals surface area contributed by atoms with Crippen LogP contribution in [0, 0.1) is 11.3 Å².